The third kappa shape index (κ3) is 2.28. The second-order valence-electron chi connectivity index (χ2n) is 6.06. The molecule has 6 heteroatoms. The summed E-state index contributed by atoms with van der Waals surface area (Å²) in [7, 11) is 1.55. The number of para-hydroxylation sites is 2. The van der Waals surface area contributed by atoms with Crippen molar-refractivity contribution in [3.63, 3.8) is 0 Å². The Kier molecular flexibility index (Phi) is 3.68. The number of carbonyl (C=O) groups is 2. The van der Waals surface area contributed by atoms with Crippen LogP contribution in [-0.2, 0) is 4.79 Å². The molecule has 0 aromatic heterocycles. The summed E-state index contributed by atoms with van der Waals surface area (Å²) in [5, 5.41) is 12.4. The summed E-state index contributed by atoms with van der Waals surface area (Å²) in [5.74, 6) is -0.126. The largest absolute Gasteiger partial charge is 0.495 e. The highest BCUT2D eigenvalue weighted by Gasteiger charge is 2.55. The molecule has 1 aromatic rings. The SMILES string of the molecule is COc1ccccc1NC(=O)N1C[C@@H]2CCC[C@@]2(C(=O)O)C1. The Balaban J connectivity index is 1.73. The van der Waals surface area contributed by atoms with Crippen molar-refractivity contribution >= 4 is 17.7 Å². The van der Waals surface area contributed by atoms with Gasteiger partial charge >= 0.3 is 12.0 Å². The van der Waals surface area contributed by atoms with Crippen LogP contribution >= 0.6 is 0 Å². The zero-order valence-electron chi connectivity index (χ0n) is 12.5. The quantitative estimate of drug-likeness (QED) is 0.899. The van der Waals surface area contributed by atoms with Crippen molar-refractivity contribution in [2.45, 2.75) is 19.3 Å². The number of carbonyl (C=O) groups excluding carboxylic acids is 1. The van der Waals surface area contributed by atoms with E-state index < -0.39 is 11.4 Å². The van der Waals surface area contributed by atoms with Crippen molar-refractivity contribution in [3.05, 3.63) is 24.3 Å². The fourth-order valence-corrected chi connectivity index (χ4v) is 3.74. The van der Waals surface area contributed by atoms with Crippen molar-refractivity contribution in [1.82, 2.24) is 4.90 Å². The number of rotatable bonds is 3. The first-order valence-electron chi connectivity index (χ1n) is 7.49. The third-order valence-corrected chi connectivity index (χ3v) is 4.93. The maximum absolute atomic E-state index is 12.4. The number of urea groups is 1. The molecule has 2 N–H and O–H groups in total. The molecule has 2 fully saturated rings. The zero-order valence-corrected chi connectivity index (χ0v) is 12.5. The van der Waals surface area contributed by atoms with E-state index in [4.69, 9.17) is 4.74 Å². The molecular formula is C16H20N2O4. The van der Waals surface area contributed by atoms with Gasteiger partial charge in [-0.2, -0.15) is 0 Å². The van der Waals surface area contributed by atoms with Crippen LogP contribution in [0.3, 0.4) is 0 Å². The van der Waals surface area contributed by atoms with E-state index in [-0.39, 0.29) is 18.5 Å². The van der Waals surface area contributed by atoms with Crippen LogP contribution in [0, 0.1) is 11.3 Å². The molecule has 1 aromatic carbocycles. The van der Waals surface area contributed by atoms with E-state index in [0.717, 1.165) is 12.8 Å². The highest BCUT2D eigenvalue weighted by molar-refractivity contribution is 5.92. The number of amides is 2. The van der Waals surface area contributed by atoms with Crippen LogP contribution in [0.4, 0.5) is 10.5 Å². The fourth-order valence-electron chi connectivity index (χ4n) is 3.74. The predicted octanol–water partition coefficient (Wildman–Crippen LogP) is 2.41. The monoisotopic (exact) mass is 304 g/mol. The molecule has 0 radical (unpaired) electrons. The van der Waals surface area contributed by atoms with Crippen molar-refractivity contribution in [2.75, 3.05) is 25.5 Å². The number of likely N-dealkylation sites (tertiary alicyclic amines) is 1. The zero-order chi connectivity index (χ0) is 15.7. The highest BCUT2D eigenvalue weighted by atomic mass is 16.5. The van der Waals surface area contributed by atoms with Crippen LogP contribution < -0.4 is 10.1 Å². The van der Waals surface area contributed by atoms with E-state index in [2.05, 4.69) is 5.32 Å². The van der Waals surface area contributed by atoms with Gasteiger partial charge in [0.15, 0.2) is 0 Å². The van der Waals surface area contributed by atoms with Gasteiger partial charge in [-0.15, -0.1) is 0 Å². The summed E-state index contributed by atoms with van der Waals surface area (Å²) in [4.78, 5) is 25.7. The van der Waals surface area contributed by atoms with Crippen LogP contribution in [0.2, 0.25) is 0 Å². The minimum Gasteiger partial charge on any atom is -0.495 e. The summed E-state index contributed by atoms with van der Waals surface area (Å²) >= 11 is 0. The summed E-state index contributed by atoms with van der Waals surface area (Å²) < 4.78 is 5.21. The molecule has 1 aliphatic carbocycles. The van der Waals surface area contributed by atoms with Crippen molar-refractivity contribution in [1.29, 1.82) is 0 Å². The minimum atomic E-state index is -0.775. The Hall–Kier alpha value is -2.24. The van der Waals surface area contributed by atoms with Crippen LogP contribution in [0.15, 0.2) is 24.3 Å². The van der Waals surface area contributed by atoms with E-state index in [1.165, 1.54) is 0 Å². The lowest BCUT2D eigenvalue weighted by Gasteiger charge is -2.23. The summed E-state index contributed by atoms with van der Waals surface area (Å²) in [6.07, 6.45) is 2.47. The first-order chi connectivity index (χ1) is 10.6. The Morgan fingerprint density at radius 2 is 2.18 bits per heavy atom. The van der Waals surface area contributed by atoms with Crippen LogP contribution in [0.25, 0.3) is 0 Å². The molecule has 0 spiro atoms. The van der Waals surface area contributed by atoms with Gasteiger partial charge in [0.25, 0.3) is 0 Å². The molecule has 2 atom stereocenters. The van der Waals surface area contributed by atoms with E-state index >= 15 is 0 Å². The van der Waals surface area contributed by atoms with Crippen LogP contribution in [0.1, 0.15) is 19.3 Å². The number of nitrogens with one attached hydrogen (secondary N) is 1. The Morgan fingerprint density at radius 3 is 2.86 bits per heavy atom. The van der Waals surface area contributed by atoms with E-state index in [1.807, 2.05) is 12.1 Å². The minimum absolute atomic E-state index is 0.0634. The average Bonchev–Trinajstić information content (AvgIpc) is 3.05. The number of benzene rings is 1. The molecule has 118 valence electrons. The smallest absolute Gasteiger partial charge is 0.321 e. The Morgan fingerprint density at radius 1 is 1.41 bits per heavy atom. The van der Waals surface area contributed by atoms with Crippen LogP contribution in [0.5, 0.6) is 5.75 Å². The lowest BCUT2D eigenvalue weighted by atomic mass is 9.81. The molecule has 0 unspecified atom stereocenters. The number of anilines is 1. The number of hydrogen-bond donors (Lipinski definition) is 2. The number of carboxylic acids is 1. The lowest BCUT2D eigenvalue weighted by molar-refractivity contribution is -0.149. The Labute approximate surface area is 129 Å². The summed E-state index contributed by atoms with van der Waals surface area (Å²) in [5.41, 5.74) is -0.158. The second-order valence-corrected chi connectivity index (χ2v) is 6.06. The topological polar surface area (TPSA) is 78.9 Å². The average molecular weight is 304 g/mol. The van der Waals surface area contributed by atoms with Gasteiger partial charge in [0, 0.05) is 13.1 Å². The van der Waals surface area contributed by atoms with E-state index in [0.29, 0.717) is 24.4 Å². The number of hydrogen-bond acceptors (Lipinski definition) is 3. The predicted molar refractivity (Wildman–Crippen MR) is 81.0 cm³/mol. The third-order valence-electron chi connectivity index (χ3n) is 4.93. The molecule has 3 rings (SSSR count). The first kappa shape index (κ1) is 14.7. The fraction of sp³-hybridized carbons (Fsp3) is 0.500. The molecule has 0 bridgehead atoms. The molecule has 1 saturated carbocycles. The highest BCUT2D eigenvalue weighted by Crippen LogP contribution is 2.49. The second kappa shape index (κ2) is 5.51. The summed E-state index contributed by atoms with van der Waals surface area (Å²) in [6.45, 7) is 0.793. The van der Waals surface area contributed by atoms with Crippen molar-refractivity contribution in [3.8, 4) is 5.75 Å². The van der Waals surface area contributed by atoms with Gasteiger partial charge in [-0.1, -0.05) is 18.6 Å². The van der Waals surface area contributed by atoms with Crippen LogP contribution in [-0.4, -0.2) is 42.2 Å². The molecule has 1 saturated heterocycles. The van der Waals surface area contributed by atoms with Gasteiger partial charge < -0.3 is 20.1 Å². The van der Waals surface area contributed by atoms with Gasteiger partial charge in [0.1, 0.15) is 5.75 Å². The molecule has 2 amide bonds. The standard InChI is InChI=1S/C16H20N2O4/c1-22-13-7-3-2-6-12(13)17-15(21)18-9-11-5-4-8-16(11,10-18)14(19)20/h2-3,6-7,11H,4-5,8-10H2,1H3,(H,17,21)(H,19,20)/t11-,16+/m0/s1. The van der Waals surface area contributed by atoms with Gasteiger partial charge in [0.05, 0.1) is 18.2 Å². The number of carboxylic acid groups (broad SMARTS) is 1. The lowest BCUT2D eigenvalue weighted by Crippen LogP contribution is -2.38. The van der Waals surface area contributed by atoms with Crippen molar-refractivity contribution in [2.24, 2.45) is 11.3 Å². The number of nitrogens with zero attached hydrogens (tertiary/aromatic N) is 1. The Bertz CT molecular complexity index is 604. The molecule has 22 heavy (non-hydrogen) atoms. The van der Waals surface area contributed by atoms with Gasteiger partial charge in [0.2, 0.25) is 0 Å². The van der Waals surface area contributed by atoms with E-state index in [9.17, 15) is 14.7 Å². The number of fused-ring (bicyclic) bond motifs is 1. The molecule has 6 nitrogen and oxygen atoms in total. The normalized spacial score (nSPS) is 26.6. The van der Waals surface area contributed by atoms with Crippen molar-refractivity contribution < 1.29 is 19.4 Å². The molecule has 2 aliphatic rings. The number of aliphatic carboxylic acids is 1. The number of methoxy groups -OCH3 is 1. The molecule has 1 heterocycles. The van der Waals surface area contributed by atoms with Gasteiger partial charge in [-0.3, -0.25) is 4.79 Å². The summed E-state index contributed by atoms with van der Waals surface area (Å²) in [6, 6.07) is 6.91. The maximum atomic E-state index is 12.4. The maximum Gasteiger partial charge on any atom is 0.321 e. The molecular weight excluding hydrogens is 284 g/mol. The first-order valence-corrected chi connectivity index (χ1v) is 7.49. The number of ether oxygens (including phenoxy) is 1. The molecule has 1 aliphatic heterocycles. The van der Waals surface area contributed by atoms with Gasteiger partial charge in [-0.05, 0) is 30.9 Å². The van der Waals surface area contributed by atoms with Gasteiger partial charge in [-0.25, -0.2) is 4.79 Å². The van der Waals surface area contributed by atoms with E-state index in [1.54, 1.807) is 24.1 Å².